The summed E-state index contributed by atoms with van der Waals surface area (Å²) >= 11 is 0. The summed E-state index contributed by atoms with van der Waals surface area (Å²) in [5.74, 6) is 2.63. The molecule has 1 aliphatic heterocycles. The predicted octanol–water partition coefficient (Wildman–Crippen LogP) is 6.01. The van der Waals surface area contributed by atoms with Gasteiger partial charge in [-0.15, -0.1) is 0 Å². The standard InChI is InChI=1S/C26H24O4/c1-17(2)20-9-7-18(8-10-20)14-25-26(27)23-12-11-22(15-24(23)30-25)29-16-19-5-4-6-21(13-19)28-3/h4-15,17H,16H2,1-3H3. The van der Waals surface area contributed by atoms with Crippen LogP contribution >= 0.6 is 0 Å². The van der Waals surface area contributed by atoms with Crippen LogP contribution in [0.2, 0.25) is 0 Å². The molecule has 152 valence electrons. The van der Waals surface area contributed by atoms with Crippen molar-refractivity contribution >= 4 is 11.9 Å². The SMILES string of the molecule is COc1cccc(COc2ccc3c(c2)OC(=Cc2ccc(C(C)C)cc2)C3=O)c1. The molecule has 0 aromatic heterocycles. The minimum Gasteiger partial charge on any atom is -0.497 e. The van der Waals surface area contributed by atoms with Crippen LogP contribution in [0.15, 0.2) is 72.5 Å². The summed E-state index contributed by atoms with van der Waals surface area (Å²) in [4.78, 5) is 12.7. The molecule has 0 saturated carbocycles. The Morgan fingerprint density at radius 1 is 0.967 bits per heavy atom. The van der Waals surface area contributed by atoms with Crippen molar-refractivity contribution in [3.8, 4) is 17.2 Å². The van der Waals surface area contributed by atoms with Crippen molar-refractivity contribution in [1.82, 2.24) is 0 Å². The number of ether oxygens (including phenoxy) is 3. The van der Waals surface area contributed by atoms with Gasteiger partial charge in [0.25, 0.3) is 0 Å². The molecule has 0 unspecified atom stereocenters. The van der Waals surface area contributed by atoms with Crippen molar-refractivity contribution in [2.45, 2.75) is 26.4 Å². The van der Waals surface area contributed by atoms with Crippen LogP contribution in [0, 0.1) is 0 Å². The van der Waals surface area contributed by atoms with Crippen LogP contribution in [0.4, 0.5) is 0 Å². The number of fused-ring (bicyclic) bond motifs is 1. The zero-order valence-corrected chi connectivity index (χ0v) is 17.3. The Morgan fingerprint density at radius 3 is 2.50 bits per heavy atom. The van der Waals surface area contributed by atoms with Gasteiger partial charge in [0.05, 0.1) is 12.7 Å². The monoisotopic (exact) mass is 400 g/mol. The van der Waals surface area contributed by atoms with Crippen molar-refractivity contribution < 1.29 is 19.0 Å². The maximum Gasteiger partial charge on any atom is 0.231 e. The van der Waals surface area contributed by atoms with Crippen LogP contribution in [0.3, 0.4) is 0 Å². The number of carbonyl (C=O) groups excluding carboxylic acids is 1. The smallest absolute Gasteiger partial charge is 0.231 e. The van der Waals surface area contributed by atoms with E-state index in [1.54, 1.807) is 31.4 Å². The Hall–Kier alpha value is -3.53. The van der Waals surface area contributed by atoms with E-state index in [1.165, 1.54) is 5.56 Å². The molecular formula is C26H24O4. The zero-order valence-electron chi connectivity index (χ0n) is 17.3. The number of allylic oxidation sites excluding steroid dienone is 1. The molecule has 0 bridgehead atoms. The zero-order chi connectivity index (χ0) is 21.1. The molecule has 1 aliphatic rings. The van der Waals surface area contributed by atoms with Gasteiger partial charge in [-0.25, -0.2) is 0 Å². The predicted molar refractivity (Wildman–Crippen MR) is 117 cm³/mol. The van der Waals surface area contributed by atoms with Crippen LogP contribution in [0.1, 0.15) is 46.8 Å². The van der Waals surface area contributed by atoms with E-state index >= 15 is 0 Å². The second kappa shape index (κ2) is 8.46. The summed E-state index contributed by atoms with van der Waals surface area (Å²) < 4.78 is 17.0. The summed E-state index contributed by atoms with van der Waals surface area (Å²) in [5, 5.41) is 0. The average molecular weight is 400 g/mol. The number of hydrogen-bond donors (Lipinski definition) is 0. The van der Waals surface area contributed by atoms with Crippen molar-refractivity contribution in [2.24, 2.45) is 0 Å². The Kier molecular flexibility index (Phi) is 5.57. The molecule has 3 aromatic carbocycles. The molecule has 0 amide bonds. The van der Waals surface area contributed by atoms with Crippen LogP contribution < -0.4 is 14.2 Å². The van der Waals surface area contributed by atoms with Gasteiger partial charge in [-0.2, -0.15) is 0 Å². The fourth-order valence-corrected chi connectivity index (χ4v) is 3.31. The van der Waals surface area contributed by atoms with Gasteiger partial charge in [-0.05, 0) is 52.9 Å². The third kappa shape index (κ3) is 4.23. The molecule has 0 fully saturated rings. The molecule has 4 heteroatoms. The first-order valence-electron chi connectivity index (χ1n) is 9.97. The van der Waals surface area contributed by atoms with Crippen LogP contribution in [-0.4, -0.2) is 12.9 Å². The lowest BCUT2D eigenvalue weighted by Crippen LogP contribution is -1.98. The van der Waals surface area contributed by atoms with Gasteiger partial charge in [0.15, 0.2) is 5.76 Å². The maximum absolute atomic E-state index is 12.7. The minimum atomic E-state index is -0.114. The maximum atomic E-state index is 12.7. The summed E-state index contributed by atoms with van der Waals surface area (Å²) in [5.41, 5.74) is 3.74. The fourth-order valence-electron chi connectivity index (χ4n) is 3.31. The molecule has 30 heavy (non-hydrogen) atoms. The number of Topliss-reactive ketones (excluding diaryl/α,β-unsaturated/α-hetero) is 1. The molecule has 3 aromatic rings. The second-order valence-corrected chi connectivity index (χ2v) is 7.56. The molecule has 0 aliphatic carbocycles. The van der Waals surface area contributed by atoms with Crippen LogP contribution in [-0.2, 0) is 6.61 Å². The minimum absolute atomic E-state index is 0.114. The van der Waals surface area contributed by atoms with E-state index in [1.807, 2.05) is 36.4 Å². The highest BCUT2D eigenvalue weighted by Crippen LogP contribution is 2.35. The fraction of sp³-hybridized carbons (Fsp3) is 0.192. The van der Waals surface area contributed by atoms with Gasteiger partial charge < -0.3 is 14.2 Å². The highest BCUT2D eigenvalue weighted by atomic mass is 16.5. The molecule has 4 nitrogen and oxygen atoms in total. The largest absolute Gasteiger partial charge is 0.497 e. The molecule has 4 rings (SSSR count). The number of rotatable bonds is 6. The molecule has 0 spiro atoms. The Labute approximate surface area is 176 Å². The first kappa shape index (κ1) is 19.8. The molecule has 0 atom stereocenters. The van der Waals surface area contributed by atoms with E-state index in [0.717, 1.165) is 16.9 Å². The van der Waals surface area contributed by atoms with Gasteiger partial charge in [-0.3, -0.25) is 4.79 Å². The summed E-state index contributed by atoms with van der Waals surface area (Å²) in [6, 6.07) is 21.2. The summed E-state index contributed by atoms with van der Waals surface area (Å²) in [6.45, 7) is 4.71. The van der Waals surface area contributed by atoms with Gasteiger partial charge >= 0.3 is 0 Å². The normalized spacial score (nSPS) is 14.0. The van der Waals surface area contributed by atoms with E-state index < -0.39 is 0 Å². The Bertz CT molecular complexity index is 1090. The lowest BCUT2D eigenvalue weighted by Gasteiger charge is -2.08. The van der Waals surface area contributed by atoms with E-state index in [9.17, 15) is 4.79 Å². The van der Waals surface area contributed by atoms with E-state index in [2.05, 4.69) is 26.0 Å². The van der Waals surface area contributed by atoms with E-state index in [0.29, 0.717) is 35.3 Å². The van der Waals surface area contributed by atoms with Crippen molar-refractivity contribution in [2.75, 3.05) is 7.11 Å². The number of methoxy groups -OCH3 is 1. The number of ketones is 1. The highest BCUT2D eigenvalue weighted by Gasteiger charge is 2.27. The number of benzene rings is 3. The van der Waals surface area contributed by atoms with Gasteiger partial charge in [0.1, 0.15) is 23.9 Å². The topological polar surface area (TPSA) is 44.8 Å². The van der Waals surface area contributed by atoms with Crippen LogP contribution in [0.5, 0.6) is 17.2 Å². The van der Waals surface area contributed by atoms with Crippen molar-refractivity contribution in [3.63, 3.8) is 0 Å². The van der Waals surface area contributed by atoms with E-state index in [-0.39, 0.29) is 5.78 Å². The first-order chi connectivity index (χ1) is 14.5. The third-order valence-electron chi connectivity index (χ3n) is 5.08. The molecule has 0 radical (unpaired) electrons. The van der Waals surface area contributed by atoms with Gasteiger partial charge in [-0.1, -0.05) is 50.2 Å². The summed E-state index contributed by atoms with van der Waals surface area (Å²) in [6.07, 6.45) is 1.78. The Balaban J connectivity index is 1.48. The molecule has 1 heterocycles. The number of hydrogen-bond acceptors (Lipinski definition) is 4. The molecule has 0 N–H and O–H groups in total. The summed E-state index contributed by atoms with van der Waals surface area (Å²) in [7, 11) is 1.64. The van der Waals surface area contributed by atoms with Crippen molar-refractivity contribution in [1.29, 1.82) is 0 Å². The average Bonchev–Trinajstić information content (AvgIpc) is 3.07. The van der Waals surface area contributed by atoms with Crippen LogP contribution in [0.25, 0.3) is 6.08 Å². The lowest BCUT2D eigenvalue weighted by atomic mass is 10.0. The Morgan fingerprint density at radius 2 is 1.77 bits per heavy atom. The van der Waals surface area contributed by atoms with Crippen molar-refractivity contribution in [3.05, 3.63) is 94.7 Å². The first-order valence-corrected chi connectivity index (χ1v) is 9.97. The van der Waals surface area contributed by atoms with Gasteiger partial charge in [0, 0.05) is 6.07 Å². The highest BCUT2D eigenvalue weighted by molar-refractivity contribution is 6.14. The second-order valence-electron chi connectivity index (χ2n) is 7.56. The lowest BCUT2D eigenvalue weighted by molar-refractivity contribution is 0.101. The van der Waals surface area contributed by atoms with Gasteiger partial charge in [0.2, 0.25) is 5.78 Å². The number of carbonyl (C=O) groups is 1. The molecule has 0 saturated heterocycles. The quantitative estimate of drug-likeness (QED) is 0.475. The van der Waals surface area contributed by atoms with E-state index in [4.69, 9.17) is 14.2 Å². The molecular weight excluding hydrogens is 376 g/mol. The third-order valence-corrected chi connectivity index (χ3v) is 5.08.